The molecule has 0 saturated heterocycles. The summed E-state index contributed by atoms with van der Waals surface area (Å²) in [5.41, 5.74) is 3.69. The number of halogens is 1. The smallest absolute Gasteiger partial charge is 0.303 e. The van der Waals surface area contributed by atoms with Crippen LogP contribution in [0.1, 0.15) is 29.8 Å². The lowest BCUT2D eigenvalue weighted by molar-refractivity contribution is -0.136. The summed E-state index contributed by atoms with van der Waals surface area (Å²) in [7, 11) is 0. The molecule has 0 spiro atoms. The third-order valence-electron chi connectivity index (χ3n) is 4.85. The Labute approximate surface area is 162 Å². The van der Waals surface area contributed by atoms with Crippen molar-refractivity contribution in [1.82, 2.24) is 24.5 Å². The van der Waals surface area contributed by atoms with Crippen molar-refractivity contribution in [2.75, 3.05) is 6.54 Å². The van der Waals surface area contributed by atoms with Crippen molar-refractivity contribution in [3.63, 3.8) is 0 Å². The van der Waals surface area contributed by atoms with E-state index in [0.717, 1.165) is 49.6 Å². The first-order valence-electron chi connectivity index (χ1n) is 9.36. The Hall–Kier alpha value is -3.00. The van der Waals surface area contributed by atoms with Crippen molar-refractivity contribution in [2.45, 2.75) is 38.9 Å². The first kappa shape index (κ1) is 18.4. The minimum Gasteiger partial charge on any atom is -0.481 e. The lowest BCUT2D eigenvalue weighted by atomic mass is 10.2. The van der Waals surface area contributed by atoms with E-state index in [2.05, 4.69) is 15.1 Å². The van der Waals surface area contributed by atoms with E-state index in [1.165, 1.54) is 12.1 Å². The summed E-state index contributed by atoms with van der Waals surface area (Å²) in [6, 6.07) is 8.38. The highest BCUT2D eigenvalue weighted by Gasteiger charge is 2.18. The number of hydrogen-bond donors (Lipinski definition) is 1. The van der Waals surface area contributed by atoms with Crippen LogP contribution in [0.25, 0.3) is 5.69 Å². The molecule has 0 amide bonds. The molecule has 0 bridgehead atoms. The van der Waals surface area contributed by atoms with Gasteiger partial charge in [-0.25, -0.2) is 9.07 Å². The zero-order chi connectivity index (χ0) is 19.5. The fraction of sp³-hybridized carbons (Fsp3) is 0.350. The van der Waals surface area contributed by atoms with Gasteiger partial charge in [0, 0.05) is 44.4 Å². The molecule has 3 heterocycles. The highest BCUT2D eigenvalue weighted by molar-refractivity contribution is 5.66. The Morgan fingerprint density at radius 2 is 2.14 bits per heavy atom. The van der Waals surface area contributed by atoms with Crippen LogP contribution in [-0.2, 0) is 30.8 Å². The quantitative estimate of drug-likeness (QED) is 0.708. The zero-order valence-electron chi connectivity index (χ0n) is 15.5. The van der Waals surface area contributed by atoms with Crippen LogP contribution >= 0.6 is 0 Å². The Kier molecular flexibility index (Phi) is 5.21. The van der Waals surface area contributed by atoms with Gasteiger partial charge in [-0.15, -0.1) is 0 Å². The highest BCUT2D eigenvalue weighted by atomic mass is 19.1. The normalized spacial score (nSPS) is 14.6. The molecule has 1 aliphatic heterocycles. The molecule has 7 nitrogen and oxygen atoms in total. The van der Waals surface area contributed by atoms with Crippen LogP contribution in [0.3, 0.4) is 0 Å². The monoisotopic (exact) mass is 383 g/mol. The molecule has 1 aromatic carbocycles. The third kappa shape index (κ3) is 4.28. The van der Waals surface area contributed by atoms with E-state index in [4.69, 9.17) is 5.11 Å². The number of nitrogens with zero attached hydrogens (tertiary/aromatic N) is 5. The minimum atomic E-state index is -0.805. The summed E-state index contributed by atoms with van der Waals surface area (Å²) in [6.45, 7) is 3.27. The van der Waals surface area contributed by atoms with Gasteiger partial charge in [0.05, 0.1) is 29.7 Å². The molecule has 0 aliphatic carbocycles. The second-order valence-electron chi connectivity index (χ2n) is 7.08. The fourth-order valence-electron chi connectivity index (χ4n) is 3.54. The predicted octanol–water partition coefficient (Wildman–Crippen LogP) is 2.63. The van der Waals surface area contributed by atoms with Gasteiger partial charge in [-0.1, -0.05) is 6.07 Å². The lowest BCUT2D eigenvalue weighted by Gasteiger charge is -2.18. The van der Waals surface area contributed by atoms with Gasteiger partial charge in [0.2, 0.25) is 0 Å². The van der Waals surface area contributed by atoms with Crippen LogP contribution in [-0.4, -0.2) is 42.1 Å². The van der Waals surface area contributed by atoms with Crippen LogP contribution in [0.4, 0.5) is 4.39 Å². The molecule has 3 aromatic rings. The number of aromatic nitrogens is 4. The number of carboxylic acids is 1. The molecule has 0 atom stereocenters. The molecule has 2 aromatic heterocycles. The lowest BCUT2D eigenvalue weighted by Crippen LogP contribution is -2.22. The molecule has 0 radical (unpaired) electrons. The topological polar surface area (TPSA) is 76.2 Å². The first-order chi connectivity index (χ1) is 13.6. The number of hydrogen-bond acceptors (Lipinski definition) is 4. The summed E-state index contributed by atoms with van der Waals surface area (Å²) in [5, 5.41) is 17.8. The maximum Gasteiger partial charge on any atom is 0.303 e. The predicted molar refractivity (Wildman–Crippen MR) is 100 cm³/mol. The average molecular weight is 383 g/mol. The number of aliphatic carboxylic acids is 1. The van der Waals surface area contributed by atoms with Crippen molar-refractivity contribution >= 4 is 5.97 Å². The number of fused-ring (bicyclic) bond motifs is 1. The molecule has 1 N–H and O–H groups in total. The van der Waals surface area contributed by atoms with Gasteiger partial charge in [0.25, 0.3) is 0 Å². The van der Waals surface area contributed by atoms with Crippen molar-refractivity contribution in [3.8, 4) is 5.69 Å². The Bertz CT molecular complexity index is 981. The van der Waals surface area contributed by atoms with Crippen LogP contribution in [0.5, 0.6) is 0 Å². The maximum absolute atomic E-state index is 13.4. The van der Waals surface area contributed by atoms with Gasteiger partial charge in [-0.2, -0.15) is 10.2 Å². The Morgan fingerprint density at radius 1 is 1.25 bits per heavy atom. The van der Waals surface area contributed by atoms with Crippen LogP contribution in [0.2, 0.25) is 0 Å². The number of benzene rings is 1. The van der Waals surface area contributed by atoms with E-state index in [9.17, 15) is 9.18 Å². The van der Waals surface area contributed by atoms with Gasteiger partial charge >= 0.3 is 5.97 Å². The van der Waals surface area contributed by atoms with Gasteiger partial charge in [-0.05, 0) is 30.7 Å². The van der Waals surface area contributed by atoms with Crippen LogP contribution in [0.15, 0.2) is 42.7 Å². The van der Waals surface area contributed by atoms with E-state index >= 15 is 0 Å². The van der Waals surface area contributed by atoms with Crippen LogP contribution < -0.4 is 0 Å². The van der Waals surface area contributed by atoms with Gasteiger partial charge < -0.3 is 5.11 Å². The molecular formula is C20H22FN5O2. The summed E-state index contributed by atoms with van der Waals surface area (Å²) >= 11 is 0. The molecule has 0 fully saturated rings. The summed E-state index contributed by atoms with van der Waals surface area (Å²) in [5.74, 6) is -1.09. The van der Waals surface area contributed by atoms with Gasteiger partial charge in [0.15, 0.2) is 0 Å². The molecule has 4 rings (SSSR count). The first-order valence-corrected chi connectivity index (χ1v) is 9.36. The van der Waals surface area contributed by atoms with Crippen molar-refractivity contribution in [2.24, 2.45) is 0 Å². The van der Waals surface area contributed by atoms with Gasteiger partial charge in [-0.3, -0.25) is 14.4 Å². The van der Waals surface area contributed by atoms with Crippen molar-refractivity contribution < 1.29 is 14.3 Å². The molecular weight excluding hydrogens is 361 g/mol. The highest BCUT2D eigenvalue weighted by Crippen LogP contribution is 2.18. The second kappa shape index (κ2) is 7.93. The summed E-state index contributed by atoms with van der Waals surface area (Å²) < 4.78 is 17.1. The molecule has 146 valence electrons. The van der Waals surface area contributed by atoms with E-state index < -0.39 is 5.97 Å². The van der Waals surface area contributed by atoms with E-state index in [1.807, 2.05) is 29.2 Å². The second-order valence-corrected chi connectivity index (χ2v) is 7.08. The number of rotatable bonds is 6. The largest absolute Gasteiger partial charge is 0.481 e. The maximum atomic E-state index is 13.4. The SMILES string of the molecule is O=C(O)CCc1cc2n(n1)CCCN(Cc1cnn(-c3cccc(F)c3)c1)C2. The van der Waals surface area contributed by atoms with E-state index in [1.54, 1.807) is 10.7 Å². The van der Waals surface area contributed by atoms with E-state index in [0.29, 0.717) is 12.1 Å². The molecule has 8 heteroatoms. The fourth-order valence-corrected chi connectivity index (χ4v) is 3.54. The number of aryl methyl sites for hydroxylation is 2. The molecule has 1 aliphatic rings. The summed E-state index contributed by atoms with van der Waals surface area (Å²) in [4.78, 5) is 13.1. The Morgan fingerprint density at radius 3 is 2.96 bits per heavy atom. The van der Waals surface area contributed by atoms with Gasteiger partial charge in [0.1, 0.15) is 5.82 Å². The molecule has 0 unspecified atom stereocenters. The standard InChI is InChI=1S/C20H22FN5O2/c21-16-3-1-4-18(9-16)26-13-15(11-22-26)12-24-7-2-8-25-19(14-24)10-17(23-25)5-6-20(27)28/h1,3-4,9-11,13H,2,5-8,12,14H2,(H,27,28). The minimum absolute atomic E-state index is 0.0967. The number of carboxylic acid groups (broad SMARTS) is 1. The number of carbonyl (C=O) groups is 1. The van der Waals surface area contributed by atoms with Crippen molar-refractivity contribution in [3.05, 3.63) is 65.5 Å². The zero-order valence-corrected chi connectivity index (χ0v) is 15.5. The van der Waals surface area contributed by atoms with Crippen LogP contribution in [0, 0.1) is 5.82 Å². The Balaban J connectivity index is 1.44. The third-order valence-corrected chi connectivity index (χ3v) is 4.85. The average Bonchev–Trinajstić information content (AvgIpc) is 3.23. The van der Waals surface area contributed by atoms with Crippen molar-refractivity contribution in [1.29, 1.82) is 0 Å². The molecule has 0 saturated carbocycles. The van der Waals surface area contributed by atoms with E-state index in [-0.39, 0.29) is 12.2 Å². The molecule has 28 heavy (non-hydrogen) atoms. The summed E-state index contributed by atoms with van der Waals surface area (Å²) in [6.07, 6.45) is 5.26.